The molecule has 0 fully saturated rings. The molecule has 0 spiro atoms. The molecule has 1 heterocycles. The van der Waals surface area contributed by atoms with Gasteiger partial charge >= 0.3 is 5.97 Å². The molecule has 0 bridgehead atoms. The van der Waals surface area contributed by atoms with Crippen LogP contribution in [0.4, 0.5) is 0 Å². The van der Waals surface area contributed by atoms with E-state index in [0.29, 0.717) is 18.1 Å². The third-order valence-corrected chi connectivity index (χ3v) is 4.37. The zero-order chi connectivity index (χ0) is 18.5. The smallest absolute Gasteiger partial charge is 0.363 e. The third-order valence-electron chi connectivity index (χ3n) is 3.68. The summed E-state index contributed by atoms with van der Waals surface area (Å²) in [6, 6.07) is 12.9. The lowest BCUT2D eigenvalue weighted by Gasteiger charge is -2.10. The summed E-state index contributed by atoms with van der Waals surface area (Å²) in [4.78, 5) is 16.5. The van der Waals surface area contributed by atoms with Crippen molar-refractivity contribution in [1.82, 2.24) is 0 Å². The van der Waals surface area contributed by atoms with Crippen LogP contribution in [0.15, 0.2) is 57.6 Å². The number of esters is 1. The zero-order valence-corrected chi connectivity index (χ0v) is 16.1. The summed E-state index contributed by atoms with van der Waals surface area (Å²) in [5.41, 5.74) is 1.74. The Kier molecular flexibility index (Phi) is 5.73. The summed E-state index contributed by atoms with van der Waals surface area (Å²) in [5.74, 6) is 1.07. The highest BCUT2D eigenvalue weighted by atomic mass is 79.9. The second-order valence-electron chi connectivity index (χ2n) is 5.57. The number of hydrogen-bond acceptors (Lipinski definition) is 5. The number of benzene rings is 2. The van der Waals surface area contributed by atoms with Crippen LogP contribution in [-0.4, -0.2) is 25.6 Å². The maximum Gasteiger partial charge on any atom is 0.363 e. The highest BCUT2D eigenvalue weighted by Gasteiger charge is 2.25. The lowest BCUT2D eigenvalue weighted by atomic mass is 10.1. The fraction of sp³-hybridized carbons (Fsp3) is 0.200. The molecule has 0 amide bonds. The van der Waals surface area contributed by atoms with Gasteiger partial charge in [-0.05, 0) is 58.3 Å². The SMILES string of the molecule is CCCOc1cc(/C=C2\N=C(c3ccccc3Br)OC2=O)ccc1OC. The van der Waals surface area contributed by atoms with Gasteiger partial charge in [0.05, 0.1) is 19.3 Å². The molecule has 0 atom stereocenters. The minimum absolute atomic E-state index is 0.238. The average molecular weight is 416 g/mol. The van der Waals surface area contributed by atoms with E-state index in [2.05, 4.69) is 20.9 Å². The van der Waals surface area contributed by atoms with E-state index >= 15 is 0 Å². The van der Waals surface area contributed by atoms with Crippen molar-refractivity contribution in [3.05, 3.63) is 63.8 Å². The Balaban J connectivity index is 1.92. The van der Waals surface area contributed by atoms with Gasteiger partial charge in [-0.25, -0.2) is 9.79 Å². The maximum absolute atomic E-state index is 12.2. The van der Waals surface area contributed by atoms with Gasteiger partial charge in [0, 0.05) is 4.47 Å². The van der Waals surface area contributed by atoms with Gasteiger partial charge in [0.2, 0.25) is 5.90 Å². The summed E-state index contributed by atoms with van der Waals surface area (Å²) in [5, 5.41) is 0. The van der Waals surface area contributed by atoms with Crippen LogP contribution in [0.3, 0.4) is 0 Å². The van der Waals surface area contributed by atoms with Crippen LogP contribution in [-0.2, 0) is 9.53 Å². The van der Waals surface area contributed by atoms with Crippen LogP contribution < -0.4 is 9.47 Å². The summed E-state index contributed by atoms with van der Waals surface area (Å²) < 4.78 is 17.1. The van der Waals surface area contributed by atoms with Crippen molar-refractivity contribution in [3.63, 3.8) is 0 Å². The van der Waals surface area contributed by atoms with Crippen molar-refractivity contribution < 1.29 is 19.0 Å². The highest BCUT2D eigenvalue weighted by molar-refractivity contribution is 9.10. The number of ether oxygens (including phenoxy) is 3. The van der Waals surface area contributed by atoms with Crippen LogP contribution in [0, 0.1) is 0 Å². The summed E-state index contributed by atoms with van der Waals surface area (Å²) in [6.07, 6.45) is 2.56. The molecule has 0 N–H and O–H groups in total. The fourth-order valence-electron chi connectivity index (χ4n) is 2.42. The van der Waals surface area contributed by atoms with Gasteiger partial charge in [-0.2, -0.15) is 0 Å². The number of nitrogens with zero attached hydrogens (tertiary/aromatic N) is 1. The Bertz CT molecular complexity index is 889. The van der Waals surface area contributed by atoms with Gasteiger partial charge in [-0.1, -0.05) is 25.1 Å². The van der Waals surface area contributed by atoms with Gasteiger partial charge in [0.15, 0.2) is 17.2 Å². The summed E-state index contributed by atoms with van der Waals surface area (Å²) >= 11 is 3.44. The molecule has 2 aromatic rings. The standard InChI is InChI=1S/C20H18BrNO4/c1-3-10-25-18-12-13(8-9-17(18)24-2)11-16-20(23)26-19(22-16)14-6-4-5-7-15(14)21/h4-9,11-12H,3,10H2,1-2H3/b16-11-. The first-order valence-corrected chi connectivity index (χ1v) is 9.00. The first-order valence-electron chi connectivity index (χ1n) is 8.20. The van der Waals surface area contributed by atoms with Gasteiger partial charge in [-0.3, -0.25) is 0 Å². The van der Waals surface area contributed by atoms with Gasteiger partial charge in [-0.15, -0.1) is 0 Å². The Morgan fingerprint density at radius 2 is 2.00 bits per heavy atom. The quantitative estimate of drug-likeness (QED) is 0.511. The number of carbonyl (C=O) groups is 1. The monoisotopic (exact) mass is 415 g/mol. The molecule has 1 aliphatic heterocycles. The Morgan fingerprint density at radius 1 is 1.19 bits per heavy atom. The summed E-state index contributed by atoms with van der Waals surface area (Å²) in [6.45, 7) is 2.62. The third kappa shape index (κ3) is 3.96. The second kappa shape index (κ2) is 8.19. The van der Waals surface area contributed by atoms with Crippen molar-refractivity contribution in [1.29, 1.82) is 0 Å². The number of cyclic esters (lactones) is 1. The van der Waals surface area contributed by atoms with Gasteiger partial charge in [0.1, 0.15) is 0 Å². The lowest BCUT2D eigenvalue weighted by Crippen LogP contribution is -2.05. The largest absolute Gasteiger partial charge is 0.493 e. The predicted octanol–water partition coefficient (Wildman–Crippen LogP) is 4.59. The molecule has 3 rings (SSSR count). The number of aliphatic imine (C=N–C) groups is 1. The highest BCUT2D eigenvalue weighted by Crippen LogP contribution is 2.30. The van der Waals surface area contributed by atoms with E-state index in [1.54, 1.807) is 19.3 Å². The van der Waals surface area contributed by atoms with Crippen molar-refractivity contribution in [2.24, 2.45) is 4.99 Å². The van der Waals surface area contributed by atoms with Crippen LogP contribution in [0.1, 0.15) is 24.5 Å². The molecule has 0 radical (unpaired) electrons. The molecular formula is C20H18BrNO4. The minimum Gasteiger partial charge on any atom is -0.493 e. The molecular weight excluding hydrogens is 398 g/mol. The number of hydrogen-bond donors (Lipinski definition) is 0. The number of rotatable bonds is 6. The van der Waals surface area contributed by atoms with Crippen molar-refractivity contribution in [2.75, 3.05) is 13.7 Å². The predicted molar refractivity (Wildman–Crippen MR) is 104 cm³/mol. The lowest BCUT2D eigenvalue weighted by molar-refractivity contribution is -0.129. The number of methoxy groups -OCH3 is 1. The van der Waals surface area contributed by atoms with E-state index in [1.807, 2.05) is 43.3 Å². The van der Waals surface area contributed by atoms with E-state index in [-0.39, 0.29) is 11.6 Å². The molecule has 134 valence electrons. The van der Waals surface area contributed by atoms with Gasteiger partial charge < -0.3 is 14.2 Å². The number of carbonyl (C=O) groups excluding carboxylic acids is 1. The molecule has 0 unspecified atom stereocenters. The Morgan fingerprint density at radius 3 is 2.73 bits per heavy atom. The van der Waals surface area contributed by atoms with Crippen LogP contribution in [0.5, 0.6) is 11.5 Å². The fourth-order valence-corrected chi connectivity index (χ4v) is 2.88. The van der Waals surface area contributed by atoms with Crippen LogP contribution >= 0.6 is 15.9 Å². The minimum atomic E-state index is -0.484. The first kappa shape index (κ1) is 18.2. The molecule has 0 saturated carbocycles. The van der Waals surface area contributed by atoms with Crippen LogP contribution in [0.25, 0.3) is 6.08 Å². The topological polar surface area (TPSA) is 57.1 Å². The molecule has 6 heteroatoms. The van der Waals surface area contributed by atoms with E-state index in [0.717, 1.165) is 22.0 Å². The molecule has 1 aliphatic rings. The Labute approximate surface area is 160 Å². The average Bonchev–Trinajstić information content (AvgIpc) is 3.00. The zero-order valence-electron chi connectivity index (χ0n) is 14.5. The summed E-state index contributed by atoms with van der Waals surface area (Å²) in [7, 11) is 1.59. The van der Waals surface area contributed by atoms with Crippen molar-refractivity contribution in [3.8, 4) is 11.5 Å². The Hall–Kier alpha value is -2.60. The molecule has 0 aromatic heterocycles. The molecule has 0 aliphatic carbocycles. The molecule has 5 nitrogen and oxygen atoms in total. The van der Waals surface area contributed by atoms with E-state index in [1.165, 1.54) is 0 Å². The molecule has 26 heavy (non-hydrogen) atoms. The van der Waals surface area contributed by atoms with E-state index in [4.69, 9.17) is 14.2 Å². The normalized spacial score (nSPS) is 15.0. The van der Waals surface area contributed by atoms with Gasteiger partial charge in [0.25, 0.3) is 0 Å². The van der Waals surface area contributed by atoms with Crippen molar-refractivity contribution in [2.45, 2.75) is 13.3 Å². The first-order chi connectivity index (χ1) is 12.6. The van der Waals surface area contributed by atoms with E-state index < -0.39 is 5.97 Å². The van der Waals surface area contributed by atoms with Crippen molar-refractivity contribution >= 4 is 33.9 Å². The molecule has 2 aromatic carbocycles. The molecule has 0 saturated heterocycles. The number of halogens is 1. The second-order valence-corrected chi connectivity index (χ2v) is 6.43. The maximum atomic E-state index is 12.2. The van der Waals surface area contributed by atoms with Crippen LogP contribution in [0.2, 0.25) is 0 Å². The van der Waals surface area contributed by atoms with E-state index in [9.17, 15) is 4.79 Å².